The first-order valence-electron chi connectivity index (χ1n) is 7.15. The number of aryl methyl sites for hydroxylation is 2. The molecule has 1 heterocycles. The fraction of sp³-hybridized carbons (Fsp3) is 0.412. The van der Waals surface area contributed by atoms with Gasteiger partial charge < -0.3 is 10.8 Å². The zero-order chi connectivity index (χ0) is 14.2. The fourth-order valence-electron chi connectivity index (χ4n) is 3.29. The zero-order valence-electron chi connectivity index (χ0n) is 11.8. The van der Waals surface area contributed by atoms with Gasteiger partial charge in [0.2, 0.25) is 0 Å². The van der Waals surface area contributed by atoms with Crippen molar-refractivity contribution in [2.45, 2.75) is 32.3 Å². The van der Waals surface area contributed by atoms with E-state index in [2.05, 4.69) is 42.6 Å². The van der Waals surface area contributed by atoms with Crippen molar-refractivity contribution in [2.75, 3.05) is 6.54 Å². The summed E-state index contributed by atoms with van der Waals surface area (Å²) in [6.45, 7) is 2.59. The number of hydrogen-bond donors (Lipinski definition) is 2. The standard InChI is InChI=1S/C17H21NOS/c1-12-7-9-20-15(12)16(19)17(11-18)8-6-13-4-2-3-5-14(13)10-17/h2-5,7,9,16,19H,6,8,10-11,18H2,1H3. The highest BCUT2D eigenvalue weighted by Crippen LogP contribution is 2.46. The normalized spacial score (nSPS) is 23.4. The van der Waals surface area contributed by atoms with Crippen LogP contribution in [0.3, 0.4) is 0 Å². The van der Waals surface area contributed by atoms with Crippen LogP contribution in [0.2, 0.25) is 0 Å². The molecular weight excluding hydrogens is 266 g/mol. The SMILES string of the molecule is Cc1ccsc1C(O)C1(CN)CCc2ccccc2C1. The Hall–Kier alpha value is -1.16. The van der Waals surface area contributed by atoms with Gasteiger partial charge in [0, 0.05) is 16.8 Å². The van der Waals surface area contributed by atoms with E-state index in [1.807, 2.05) is 0 Å². The Balaban J connectivity index is 1.96. The van der Waals surface area contributed by atoms with Crippen molar-refractivity contribution in [3.05, 3.63) is 57.3 Å². The van der Waals surface area contributed by atoms with Gasteiger partial charge in [0.15, 0.2) is 0 Å². The molecule has 0 radical (unpaired) electrons. The van der Waals surface area contributed by atoms with E-state index in [0.29, 0.717) is 6.54 Å². The first-order chi connectivity index (χ1) is 9.66. The highest BCUT2D eigenvalue weighted by Gasteiger charge is 2.41. The van der Waals surface area contributed by atoms with Crippen LogP contribution in [-0.4, -0.2) is 11.7 Å². The summed E-state index contributed by atoms with van der Waals surface area (Å²) in [5.74, 6) is 0. The van der Waals surface area contributed by atoms with E-state index < -0.39 is 6.10 Å². The molecule has 2 unspecified atom stereocenters. The van der Waals surface area contributed by atoms with Crippen LogP contribution < -0.4 is 5.73 Å². The number of aliphatic hydroxyl groups excluding tert-OH is 1. The van der Waals surface area contributed by atoms with Crippen molar-refractivity contribution in [2.24, 2.45) is 11.1 Å². The molecule has 0 saturated carbocycles. The summed E-state index contributed by atoms with van der Waals surface area (Å²) in [5, 5.41) is 13.0. The van der Waals surface area contributed by atoms with Crippen LogP contribution in [0.1, 0.15) is 34.1 Å². The lowest BCUT2D eigenvalue weighted by Crippen LogP contribution is -2.41. The lowest BCUT2D eigenvalue weighted by Gasteiger charge is -2.41. The zero-order valence-corrected chi connectivity index (χ0v) is 12.6. The van der Waals surface area contributed by atoms with E-state index in [4.69, 9.17) is 5.73 Å². The topological polar surface area (TPSA) is 46.2 Å². The molecule has 3 rings (SSSR count). The van der Waals surface area contributed by atoms with Gasteiger partial charge >= 0.3 is 0 Å². The molecule has 2 aromatic rings. The highest BCUT2D eigenvalue weighted by atomic mass is 32.1. The van der Waals surface area contributed by atoms with Gasteiger partial charge in [-0.3, -0.25) is 0 Å². The fourth-order valence-corrected chi connectivity index (χ4v) is 4.34. The van der Waals surface area contributed by atoms with Crippen molar-refractivity contribution >= 4 is 11.3 Å². The molecular formula is C17H21NOS. The quantitative estimate of drug-likeness (QED) is 0.910. The number of rotatable bonds is 3. The van der Waals surface area contributed by atoms with Crippen LogP contribution in [0, 0.1) is 12.3 Å². The molecule has 3 heteroatoms. The summed E-state index contributed by atoms with van der Waals surface area (Å²) in [4.78, 5) is 1.08. The molecule has 1 aromatic heterocycles. The molecule has 0 bridgehead atoms. The first-order valence-corrected chi connectivity index (χ1v) is 8.03. The molecule has 0 saturated heterocycles. The van der Waals surface area contributed by atoms with Crippen molar-refractivity contribution in [1.82, 2.24) is 0 Å². The van der Waals surface area contributed by atoms with Crippen molar-refractivity contribution in [3.63, 3.8) is 0 Å². The number of fused-ring (bicyclic) bond motifs is 1. The minimum absolute atomic E-state index is 0.218. The third kappa shape index (κ3) is 2.20. The van der Waals surface area contributed by atoms with Gasteiger partial charge in [0.25, 0.3) is 0 Å². The summed E-state index contributed by atoms with van der Waals surface area (Å²) in [6.07, 6.45) is 2.38. The Bertz CT molecular complexity index is 607. The second-order valence-corrected chi connectivity index (χ2v) is 6.83. The van der Waals surface area contributed by atoms with Crippen molar-refractivity contribution in [3.8, 4) is 0 Å². The van der Waals surface area contributed by atoms with Gasteiger partial charge in [0.05, 0.1) is 6.10 Å². The van der Waals surface area contributed by atoms with Gasteiger partial charge in [-0.15, -0.1) is 11.3 Å². The van der Waals surface area contributed by atoms with Gasteiger partial charge in [0.1, 0.15) is 0 Å². The average molecular weight is 287 g/mol. The van der Waals surface area contributed by atoms with Crippen molar-refractivity contribution < 1.29 is 5.11 Å². The van der Waals surface area contributed by atoms with Gasteiger partial charge in [-0.1, -0.05) is 24.3 Å². The summed E-state index contributed by atoms with van der Waals surface area (Å²) < 4.78 is 0. The lowest BCUT2D eigenvalue weighted by molar-refractivity contribution is 0.0200. The van der Waals surface area contributed by atoms with Gasteiger partial charge in [-0.05, 0) is 54.3 Å². The highest BCUT2D eigenvalue weighted by molar-refractivity contribution is 7.10. The summed E-state index contributed by atoms with van der Waals surface area (Å²) in [7, 11) is 0. The van der Waals surface area contributed by atoms with E-state index in [-0.39, 0.29) is 5.41 Å². The van der Waals surface area contributed by atoms with Crippen LogP contribution in [-0.2, 0) is 12.8 Å². The lowest BCUT2D eigenvalue weighted by atomic mass is 9.67. The summed E-state index contributed by atoms with van der Waals surface area (Å²) >= 11 is 1.64. The smallest absolute Gasteiger partial charge is 0.0955 e. The Morgan fingerprint density at radius 3 is 2.70 bits per heavy atom. The molecule has 106 valence electrons. The van der Waals surface area contributed by atoms with E-state index in [9.17, 15) is 5.11 Å². The maximum Gasteiger partial charge on any atom is 0.0955 e. The minimum Gasteiger partial charge on any atom is -0.387 e. The van der Waals surface area contributed by atoms with Crippen molar-refractivity contribution in [1.29, 1.82) is 0 Å². The third-order valence-electron chi connectivity index (χ3n) is 4.69. The largest absolute Gasteiger partial charge is 0.387 e. The Morgan fingerprint density at radius 2 is 2.05 bits per heavy atom. The predicted octanol–water partition coefficient (Wildman–Crippen LogP) is 3.22. The summed E-state index contributed by atoms with van der Waals surface area (Å²) in [6, 6.07) is 10.6. The predicted molar refractivity (Wildman–Crippen MR) is 84.0 cm³/mol. The molecule has 2 nitrogen and oxygen atoms in total. The molecule has 2 atom stereocenters. The monoisotopic (exact) mass is 287 g/mol. The second-order valence-electron chi connectivity index (χ2n) is 5.88. The maximum atomic E-state index is 10.9. The number of benzene rings is 1. The molecule has 1 aliphatic rings. The maximum absolute atomic E-state index is 10.9. The Kier molecular flexibility index (Phi) is 3.67. The molecule has 1 aromatic carbocycles. The Morgan fingerprint density at radius 1 is 1.30 bits per heavy atom. The molecule has 0 spiro atoms. The third-order valence-corrected chi connectivity index (χ3v) is 5.76. The molecule has 0 aliphatic heterocycles. The second kappa shape index (κ2) is 5.32. The van der Waals surface area contributed by atoms with Gasteiger partial charge in [-0.25, -0.2) is 0 Å². The van der Waals surface area contributed by atoms with E-state index in [0.717, 1.165) is 24.1 Å². The average Bonchev–Trinajstić information content (AvgIpc) is 2.92. The molecule has 3 N–H and O–H groups in total. The molecule has 20 heavy (non-hydrogen) atoms. The minimum atomic E-state index is -0.458. The van der Waals surface area contributed by atoms with Crippen LogP contribution >= 0.6 is 11.3 Å². The number of nitrogens with two attached hydrogens (primary N) is 1. The first kappa shape index (κ1) is 13.8. The van der Waals surface area contributed by atoms with Crippen LogP contribution in [0.5, 0.6) is 0 Å². The Labute approximate surface area is 124 Å². The summed E-state index contributed by atoms with van der Waals surface area (Å²) in [5.41, 5.74) is 9.81. The van der Waals surface area contributed by atoms with Crippen LogP contribution in [0.15, 0.2) is 35.7 Å². The van der Waals surface area contributed by atoms with Crippen LogP contribution in [0.25, 0.3) is 0 Å². The molecule has 0 fully saturated rings. The number of thiophene rings is 1. The van der Waals surface area contributed by atoms with E-state index in [1.165, 1.54) is 16.7 Å². The van der Waals surface area contributed by atoms with Gasteiger partial charge in [-0.2, -0.15) is 0 Å². The molecule has 1 aliphatic carbocycles. The van der Waals surface area contributed by atoms with E-state index >= 15 is 0 Å². The number of aliphatic hydroxyl groups is 1. The molecule has 0 amide bonds. The van der Waals surface area contributed by atoms with Crippen LogP contribution in [0.4, 0.5) is 0 Å². The number of hydrogen-bond acceptors (Lipinski definition) is 3. The van der Waals surface area contributed by atoms with E-state index in [1.54, 1.807) is 11.3 Å².